The maximum Gasteiger partial charge on any atom is 0.256 e. The van der Waals surface area contributed by atoms with Crippen molar-refractivity contribution in [3.8, 4) is 0 Å². The van der Waals surface area contributed by atoms with E-state index < -0.39 is 10.0 Å². The Morgan fingerprint density at radius 1 is 1.31 bits per heavy atom. The van der Waals surface area contributed by atoms with E-state index in [4.69, 9.17) is 0 Å². The second kappa shape index (κ2) is 7.59. The smallest absolute Gasteiger partial charge is 0.256 e. The van der Waals surface area contributed by atoms with E-state index in [9.17, 15) is 13.2 Å². The first-order valence-electron chi connectivity index (χ1n) is 8.48. The van der Waals surface area contributed by atoms with Crippen LogP contribution in [0.2, 0.25) is 0 Å². The van der Waals surface area contributed by atoms with Crippen LogP contribution in [0.25, 0.3) is 0 Å². The van der Waals surface area contributed by atoms with Crippen LogP contribution in [-0.4, -0.2) is 42.5 Å². The van der Waals surface area contributed by atoms with Crippen molar-refractivity contribution in [3.63, 3.8) is 0 Å². The van der Waals surface area contributed by atoms with E-state index >= 15 is 0 Å². The molecule has 0 aliphatic rings. The van der Waals surface area contributed by atoms with Crippen LogP contribution in [0, 0.1) is 13.8 Å². The monoisotopic (exact) mass is 378 g/mol. The molecule has 0 aliphatic carbocycles. The number of carbonyl (C=O) groups excluding carboxylic acids is 1. The second-order valence-electron chi connectivity index (χ2n) is 6.58. The first kappa shape index (κ1) is 20.1. The van der Waals surface area contributed by atoms with E-state index in [0.717, 1.165) is 16.3 Å². The Morgan fingerprint density at radius 2 is 1.96 bits per heavy atom. The maximum atomic E-state index is 12.7. The van der Waals surface area contributed by atoms with Crippen LogP contribution in [-0.2, 0) is 10.0 Å². The number of aromatic nitrogens is 2. The lowest BCUT2D eigenvalue weighted by atomic mass is 10.1. The highest BCUT2D eigenvalue weighted by atomic mass is 32.2. The van der Waals surface area contributed by atoms with Crippen LogP contribution in [0.3, 0.4) is 0 Å². The van der Waals surface area contributed by atoms with Gasteiger partial charge in [0.1, 0.15) is 5.82 Å². The Balaban J connectivity index is 2.42. The summed E-state index contributed by atoms with van der Waals surface area (Å²) in [5.41, 5.74) is 1.68. The number of rotatable bonds is 6. The molecule has 8 heteroatoms. The molecule has 1 unspecified atom stereocenters. The molecular formula is C18H26N4O3S. The maximum absolute atomic E-state index is 12.7. The molecule has 0 fully saturated rings. The molecule has 1 aromatic carbocycles. The number of aryl methyl sites for hydroxylation is 1. The molecule has 0 aliphatic heterocycles. The minimum absolute atomic E-state index is 0.142. The molecule has 0 saturated carbocycles. The molecule has 0 spiro atoms. The van der Waals surface area contributed by atoms with Crippen molar-refractivity contribution in [3.05, 3.63) is 41.1 Å². The van der Waals surface area contributed by atoms with Gasteiger partial charge in [-0.2, -0.15) is 5.10 Å². The van der Waals surface area contributed by atoms with Crippen molar-refractivity contribution in [1.29, 1.82) is 0 Å². The molecule has 142 valence electrons. The lowest BCUT2D eigenvalue weighted by Gasteiger charge is -2.17. The normalized spacial score (nSPS) is 13.0. The molecule has 7 nitrogen and oxygen atoms in total. The molecule has 1 amide bonds. The average Bonchev–Trinajstić information content (AvgIpc) is 3.04. The van der Waals surface area contributed by atoms with Gasteiger partial charge in [-0.3, -0.25) is 4.79 Å². The van der Waals surface area contributed by atoms with E-state index in [0.29, 0.717) is 16.9 Å². The van der Waals surface area contributed by atoms with E-state index in [1.165, 1.54) is 20.2 Å². The Labute approximate surface area is 155 Å². The van der Waals surface area contributed by atoms with Crippen LogP contribution in [0.1, 0.15) is 47.8 Å². The fourth-order valence-corrected chi connectivity index (χ4v) is 3.77. The van der Waals surface area contributed by atoms with Crippen LogP contribution >= 0.6 is 0 Å². The summed E-state index contributed by atoms with van der Waals surface area (Å²) in [5, 5.41) is 7.07. The van der Waals surface area contributed by atoms with Gasteiger partial charge in [-0.15, -0.1) is 0 Å². The predicted molar refractivity (Wildman–Crippen MR) is 102 cm³/mol. The van der Waals surface area contributed by atoms with Crippen LogP contribution in [0.5, 0.6) is 0 Å². The van der Waals surface area contributed by atoms with Crippen molar-refractivity contribution < 1.29 is 13.2 Å². The number of nitrogens with one attached hydrogen (secondary N) is 1. The molecular weight excluding hydrogens is 352 g/mol. The number of sulfonamides is 1. The highest BCUT2D eigenvalue weighted by molar-refractivity contribution is 7.89. The van der Waals surface area contributed by atoms with Gasteiger partial charge in [-0.1, -0.05) is 6.92 Å². The number of nitrogens with zero attached hydrogens (tertiary/aromatic N) is 3. The minimum Gasteiger partial charge on any atom is -0.307 e. The lowest BCUT2D eigenvalue weighted by Crippen LogP contribution is -2.24. The zero-order valence-corrected chi connectivity index (χ0v) is 16.9. The first-order valence-corrected chi connectivity index (χ1v) is 9.92. The minimum atomic E-state index is -3.64. The van der Waals surface area contributed by atoms with Gasteiger partial charge >= 0.3 is 0 Å². The van der Waals surface area contributed by atoms with E-state index in [2.05, 4.69) is 10.4 Å². The molecule has 1 atom stereocenters. The molecule has 1 heterocycles. The molecule has 2 aromatic rings. The largest absolute Gasteiger partial charge is 0.307 e. The number of benzene rings is 1. The molecule has 1 aromatic heterocycles. The number of anilines is 1. The third-order valence-electron chi connectivity index (χ3n) is 4.56. The fraction of sp³-hybridized carbons (Fsp3) is 0.444. The van der Waals surface area contributed by atoms with Crippen molar-refractivity contribution in [2.45, 2.75) is 45.1 Å². The third-order valence-corrected chi connectivity index (χ3v) is 6.50. The Hall–Kier alpha value is -2.19. The van der Waals surface area contributed by atoms with Crippen molar-refractivity contribution in [1.82, 2.24) is 14.1 Å². The van der Waals surface area contributed by atoms with E-state index in [-0.39, 0.29) is 16.8 Å². The molecule has 1 N–H and O–H groups in total. The number of carbonyl (C=O) groups is 1. The van der Waals surface area contributed by atoms with Crippen LogP contribution < -0.4 is 5.32 Å². The van der Waals surface area contributed by atoms with Gasteiger partial charge in [-0.05, 0) is 50.5 Å². The van der Waals surface area contributed by atoms with Gasteiger partial charge in [0.05, 0.1) is 17.1 Å². The predicted octanol–water partition coefficient (Wildman–Crippen LogP) is 2.97. The quantitative estimate of drug-likeness (QED) is 0.837. The summed E-state index contributed by atoms with van der Waals surface area (Å²) in [7, 11) is -0.690. The molecule has 0 radical (unpaired) electrons. The summed E-state index contributed by atoms with van der Waals surface area (Å²) in [5.74, 6) is 0.216. The summed E-state index contributed by atoms with van der Waals surface area (Å²) in [4.78, 5) is 12.9. The van der Waals surface area contributed by atoms with Gasteiger partial charge in [0.15, 0.2) is 0 Å². The summed E-state index contributed by atoms with van der Waals surface area (Å²) in [6, 6.07) is 4.99. The van der Waals surface area contributed by atoms with Gasteiger partial charge in [0, 0.05) is 25.7 Å². The molecule has 2 rings (SSSR count). The third kappa shape index (κ3) is 3.81. The van der Waals surface area contributed by atoms with Crippen LogP contribution in [0.15, 0.2) is 29.3 Å². The van der Waals surface area contributed by atoms with Crippen molar-refractivity contribution in [2.75, 3.05) is 19.4 Å². The van der Waals surface area contributed by atoms with Crippen LogP contribution in [0.4, 0.5) is 5.82 Å². The lowest BCUT2D eigenvalue weighted by molar-refractivity contribution is 0.102. The second-order valence-corrected chi connectivity index (χ2v) is 8.70. The van der Waals surface area contributed by atoms with Gasteiger partial charge < -0.3 is 5.32 Å². The topological polar surface area (TPSA) is 84.3 Å². The van der Waals surface area contributed by atoms with Gasteiger partial charge in [-0.25, -0.2) is 17.4 Å². The number of hydrogen-bond acceptors (Lipinski definition) is 4. The van der Waals surface area contributed by atoms with Crippen molar-refractivity contribution in [2.24, 2.45) is 0 Å². The first-order chi connectivity index (χ1) is 12.1. The molecule has 0 bridgehead atoms. The zero-order chi connectivity index (χ0) is 19.6. The zero-order valence-electron chi connectivity index (χ0n) is 16.1. The number of amides is 1. The number of hydrogen-bond donors (Lipinski definition) is 1. The Bertz CT molecular complexity index is 917. The standard InChI is InChI=1S/C18H26N4O3S/c1-7-13(3)22-17(8-9-19-22)20-18(23)15-10-12(2)14(4)16(11-15)26(24,25)21(5)6/h8-11,13H,7H2,1-6H3,(H,20,23). The summed E-state index contributed by atoms with van der Waals surface area (Å²) >= 11 is 0. The highest BCUT2D eigenvalue weighted by Gasteiger charge is 2.23. The summed E-state index contributed by atoms with van der Waals surface area (Å²) in [6.45, 7) is 7.59. The summed E-state index contributed by atoms with van der Waals surface area (Å²) in [6.07, 6.45) is 2.50. The summed E-state index contributed by atoms with van der Waals surface area (Å²) < 4.78 is 28.0. The van der Waals surface area contributed by atoms with Crippen molar-refractivity contribution >= 4 is 21.7 Å². The fourth-order valence-electron chi connectivity index (χ4n) is 2.55. The van der Waals surface area contributed by atoms with Gasteiger partial charge in [0.2, 0.25) is 10.0 Å². The Morgan fingerprint density at radius 3 is 2.54 bits per heavy atom. The van der Waals surface area contributed by atoms with Gasteiger partial charge in [0.25, 0.3) is 5.91 Å². The molecule has 0 saturated heterocycles. The molecule has 26 heavy (non-hydrogen) atoms. The average molecular weight is 378 g/mol. The van der Waals surface area contributed by atoms with E-state index in [1.807, 2.05) is 13.8 Å². The highest BCUT2D eigenvalue weighted by Crippen LogP contribution is 2.24. The van der Waals surface area contributed by atoms with E-state index in [1.54, 1.807) is 36.9 Å². The Kier molecular flexibility index (Phi) is 5.87. The SMILES string of the molecule is CCC(C)n1nccc1NC(=O)c1cc(C)c(C)c(S(=O)(=O)N(C)C)c1.